The van der Waals surface area contributed by atoms with Crippen LogP contribution in [0.4, 0.5) is 0 Å². The van der Waals surface area contributed by atoms with Gasteiger partial charge in [-0.05, 0) is 37.6 Å². The number of fused-ring (bicyclic) bond motifs is 6. The smallest absolute Gasteiger partial charge is 0.317 e. The van der Waals surface area contributed by atoms with E-state index in [2.05, 4.69) is 0 Å². The van der Waals surface area contributed by atoms with Crippen LogP contribution in [-0.2, 0) is 9.53 Å². The summed E-state index contributed by atoms with van der Waals surface area (Å²) in [7, 11) is 0. The molecule has 8 heteroatoms. The van der Waals surface area contributed by atoms with Gasteiger partial charge in [-0.2, -0.15) is 0 Å². The average Bonchev–Trinajstić information content (AvgIpc) is 3.03. The van der Waals surface area contributed by atoms with Gasteiger partial charge in [0, 0.05) is 10.6 Å². The highest BCUT2D eigenvalue weighted by atomic mass is 35.5. The Morgan fingerprint density at radius 2 is 2.03 bits per heavy atom. The van der Waals surface area contributed by atoms with Gasteiger partial charge in [0.2, 0.25) is 5.72 Å². The molecule has 0 unspecified atom stereocenters. The van der Waals surface area contributed by atoms with Crippen LogP contribution in [0.1, 0.15) is 31.0 Å². The largest absolute Gasteiger partial charge is 0.466 e. The monoisotopic (exact) mass is 454 g/mol. The molecule has 0 amide bonds. The first-order valence-corrected chi connectivity index (χ1v) is 11.1. The van der Waals surface area contributed by atoms with E-state index in [-0.39, 0.29) is 12.2 Å². The normalized spacial score (nSPS) is 23.9. The molecule has 2 aromatic carbocycles. The first-order valence-electron chi connectivity index (χ1n) is 9.95. The summed E-state index contributed by atoms with van der Waals surface area (Å²) < 4.78 is 13.6. The van der Waals surface area contributed by atoms with Crippen LogP contribution in [0.25, 0.3) is 6.08 Å². The van der Waals surface area contributed by atoms with Crippen LogP contribution in [-0.4, -0.2) is 22.9 Å². The maximum absolute atomic E-state index is 13.5. The lowest BCUT2D eigenvalue weighted by molar-refractivity contribution is -0.160. The molecule has 0 radical (unpaired) electrons. The molecule has 0 aliphatic carbocycles. The lowest BCUT2D eigenvalue weighted by Crippen LogP contribution is -2.58. The molecular formula is C23H19ClN2O4S. The average molecular weight is 455 g/mol. The number of rotatable bonds is 3. The number of para-hydroxylation sites is 1. The number of thiazole rings is 1. The molecule has 2 aliphatic heterocycles. The maximum atomic E-state index is 13.5. The van der Waals surface area contributed by atoms with Crippen molar-refractivity contribution in [3.05, 3.63) is 84.4 Å². The molecule has 3 aromatic rings. The molecule has 6 nitrogen and oxygen atoms in total. The van der Waals surface area contributed by atoms with Crippen LogP contribution in [0.3, 0.4) is 0 Å². The number of carbonyl (C=O) groups is 1. The molecule has 0 saturated carbocycles. The molecule has 2 bridgehead atoms. The molecule has 31 heavy (non-hydrogen) atoms. The van der Waals surface area contributed by atoms with Crippen LogP contribution in [0.15, 0.2) is 58.3 Å². The second kappa shape index (κ2) is 7.35. The highest BCUT2D eigenvalue weighted by Crippen LogP contribution is 2.47. The summed E-state index contributed by atoms with van der Waals surface area (Å²) in [6.45, 7) is 3.75. The van der Waals surface area contributed by atoms with Gasteiger partial charge in [-0.15, -0.1) is 0 Å². The quantitative estimate of drug-likeness (QED) is 0.570. The van der Waals surface area contributed by atoms with E-state index in [1.807, 2.05) is 42.5 Å². The van der Waals surface area contributed by atoms with Gasteiger partial charge in [-0.25, -0.2) is 4.99 Å². The molecule has 0 fully saturated rings. The van der Waals surface area contributed by atoms with E-state index in [0.717, 1.165) is 11.1 Å². The summed E-state index contributed by atoms with van der Waals surface area (Å²) in [6.07, 6.45) is 1.76. The fraction of sp³-hybridized carbons (Fsp3) is 0.261. The van der Waals surface area contributed by atoms with Crippen molar-refractivity contribution < 1.29 is 14.3 Å². The predicted octanol–water partition coefficient (Wildman–Crippen LogP) is 2.90. The van der Waals surface area contributed by atoms with E-state index in [1.165, 1.54) is 11.3 Å². The van der Waals surface area contributed by atoms with Gasteiger partial charge in [0.1, 0.15) is 11.7 Å². The second-order valence-corrected chi connectivity index (χ2v) is 8.99. The van der Waals surface area contributed by atoms with Gasteiger partial charge in [-0.1, -0.05) is 59.3 Å². The molecule has 3 heterocycles. The van der Waals surface area contributed by atoms with Crippen LogP contribution in [0.2, 0.25) is 5.02 Å². The Bertz CT molecular complexity index is 1380. The molecule has 5 rings (SSSR count). The van der Waals surface area contributed by atoms with Gasteiger partial charge in [0.05, 0.1) is 17.2 Å². The highest BCUT2D eigenvalue weighted by Gasteiger charge is 2.55. The molecule has 2 aliphatic rings. The Hall–Kier alpha value is -2.90. The third-order valence-electron chi connectivity index (χ3n) is 5.61. The van der Waals surface area contributed by atoms with Crippen molar-refractivity contribution in [2.75, 3.05) is 6.61 Å². The minimum absolute atomic E-state index is 0.221. The summed E-state index contributed by atoms with van der Waals surface area (Å²) in [6, 6.07) is 14.2. The molecule has 3 atom stereocenters. The van der Waals surface area contributed by atoms with Crippen molar-refractivity contribution in [1.82, 2.24) is 4.57 Å². The number of hydrogen-bond acceptors (Lipinski definition) is 6. The van der Waals surface area contributed by atoms with Gasteiger partial charge >= 0.3 is 5.97 Å². The predicted molar refractivity (Wildman–Crippen MR) is 118 cm³/mol. The number of halogens is 1. The topological polar surface area (TPSA) is 69.9 Å². The van der Waals surface area contributed by atoms with Crippen molar-refractivity contribution in [1.29, 1.82) is 0 Å². The minimum Gasteiger partial charge on any atom is -0.466 e. The fourth-order valence-electron chi connectivity index (χ4n) is 4.27. The number of esters is 1. The number of aromatic nitrogens is 1. The van der Waals surface area contributed by atoms with Crippen LogP contribution >= 0.6 is 22.9 Å². The van der Waals surface area contributed by atoms with Crippen LogP contribution in [0, 0.1) is 5.92 Å². The zero-order valence-corrected chi connectivity index (χ0v) is 18.4. The molecule has 158 valence electrons. The van der Waals surface area contributed by atoms with Gasteiger partial charge in [0.15, 0.2) is 4.80 Å². The van der Waals surface area contributed by atoms with E-state index in [1.54, 1.807) is 30.6 Å². The van der Waals surface area contributed by atoms with Crippen molar-refractivity contribution in [3.8, 4) is 5.75 Å². The van der Waals surface area contributed by atoms with Gasteiger partial charge in [0.25, 0.3) is 5.56 Å². The molecule has 0 N–H and O–H groups in total. The maximum Gasteiger partial charge on any atom is 0.317 e. The number of ether oxygens (including phenoxy) is 2. The fourth-order valence-corrected chi connectivity index (χ4v) is 5.55. The Balaban J connectivity index is 1.79. The van der Waals surface area contributed by atoms with Crippen molar-refractivity contribution in [3.63, 3.8) is 0 Å². The Morgan fingerprint density at radius 3 is 2.81 bits per heavy atom. The number of carbonyl (C=O) groups excluding carboxylic acids is 1. The molecular weight excluding hydrogens is 436 g/mol. The number of hydrogen-bond donors (Lipinski definition) is 0. The summed E-state index contributed by atoms with van der Waals surface area (Å²) in [5, 5.41) is 0.555. The van der Waals surface area contributed by atoms with Crippen molar-refractivity contribution in [2.24, 2.45) is 10.9 Å². The van der Waals surface area contributed by atoms with E-state index >= 15 is 0 Å². The third kappa shape index (κ3) is 3.11. The standard InChI is InChI=1S/C23H19ClN2O4S/c1-3-29-21(28)18-19-14-9-5-7-11-16(14)30-23(18,2)25-22-26(19)20(27)17(31-22)12-13-8-4-6-10-15(13)24/h4-12,18-19H,3H2,1-2H3/b17-12+/t18-,19-,23+/m1/s1. The second-order valence-electron chi connectivity index (χ2n) is 7.57. The summed E-state index contributed by atoms with van der Waals surface area (Å²) in [5.74, 6) is -0.608. The zero-order chi connectivity index (χ0) is 21.8. The van der Waals surface area contributed by atoms with E-state index in [4.69, 9.17) is 26.1 Å². The highest BCUT2D eigenvalue weighted by molar-refractivity contribution is 7.07. The first kappa shape index (κ1) is 20.0. The Kier molecular flexibility index (Phi) is 4.75. The summed E-state index contributed by atoms with van der Waals surface area (Å²) >= 11 is 7.55. The number of benzene rings is 2. The van der Waals surface area contributed by atoms with Gasteiger partial charge in [-0.3, -0.25) is 14.2 Å². The molecule has 1 aromatic heterocycles. The molecule has 0 spiro atoms. The van der Waals surface area contributed by atoms with Crippen molar-refractivity contribution >= 4 is 35.0 Å². The van der Waals surface area contributed by atoms with E-state index in [0.29, 0.717) is 20.1 Å². The zero-order valence-electron chi connectivity index (χ0n) is 16.9. The lowest BCUT2D eigenvalue weighted by atomic mass is 9.81. The van der Waals surface area contributed by atoms with Crippen LogP contribution in [0.5, 0.6) is 5.75 Å². The minimum atomic E-state index is -1.18. The van der Waals surface area contributed by atoms with E-state index in [9.17, 15) is 9.59 Å². The molecule has 0 saturated heterocycles. The van der Waals surface area contributed by atoms with Gasteiger partial charge < -0.3 is 9.47 Å². The lowest BCUT2D eigenvalue weighted by Gasteiger charge is -2.44. The van der Waals surface area contributed by atoms with Crippen molar-refractivity contribution in [2.45, 2.75) is 25.6 Å². The first-order chi connectivity index (χ1) is 14.9. The third-order valence-corrected chi connectivity index (χ3v) is 6.94. The Labute approximate surface area is 187 Å². The summed E-state index contributed by atoms with van der Waals surface area (Å²) in [4.78, 5) is 31.7. The van der Waals surface area contributed by atoms with E-state index < -0.39 is 23.7 Å². The van der Waals surface area contributed by atoms with Crippen LogP contribution < -0.4 is 19.6 Å². The summed E-state index contributed by atoms with van der Waals surface area (Å²) in [5.41, 5.74) is 0.109. The Morgan fingerprint density at radius 1 is 1.29 bits per heavy atom. The number of nitrogens with zero attached hydrogens (tertiary/aromatic N) is 2. The SMILES string of the molecule is CCOC(=O)[C@H]1[C@H]2c3ccccc3O[C@]1(C)N=c1s/c(=C/c3ccccc3Cl)c(=O)n12.